The lowest BCUT2D eigenvalue weighted by molar-refractivity contribution is 0.0595. The molecule has 0 fully saturated rings. The zero-order chi connectivity index (χ0) is 14.1. The summed E-state index contributed by atoms with van der Waals surface area (Å²) in [6.07, 6.45) is 4.59. The van der Waals surface area contributed by atoms with Gasteiger partial charge in [-0.3, -0.25) is 0 Å². The maximum atomic E-state index is 13.6. The van der Waals surface area contributed by atoms with Gasteiger partial charge >= 0.3 is 5.97 Å². The number of rotatable bonds is 8. The summed E-state index contributed by atoms with van der Waals surface area (Å²) < 4.78 is 23.6. The normalized spacial score (nSPS) is 10.5. The van der Waals surface area contributed by atoms with Crippen molar-refractivity contribution < 1.29 is 18.7 Å². The second-order valence-electron chi connectivity index (χ2n) is 4.42. The third-order valence-corrected chi connectivity index (χ3v) is 2.85. The fourth-order valence-corrected chi connectivity index (χ4v) is 1.74. The van der Waals surface area contributed by atoms with Crippen molar-refractivity contribution in [2.75, 3.05) is 13.7 Å². The summed E-state index contributed by atoms with van der Waals surface area (Å²) in [4.78, 5) is 11.2. The Morgan fingerprint density at radius 3 is 2.68 bits per heavy atom. The first-order valence-corrected chi connectivity index (χ1v) is 6.63. The molecule has 0 saturated heterocycles. The molecule has 0 aliphatic heterocycles. The first-order chi connectivity index (χ1) is 9.19. The van der Waals surface area contributed by atoms with E-state index >= 15 is 0 Å². The van der Waals surface area contributed by atoms with Gasteiger partial charge in [0, 0.05) is 6.61 Å². The van der Waals surface area contributed by atoms with Crippen LogP contribution >= 0.6 is 0 Å². The minimum absolute atomic E-state index is 0.0470. The zero-order valence-corrected chi connectivity index (χ0v) is 11.6. The van der Waals surface area contributed by atoms with E-state index in [0.29, 0.717) is 13.2 Å². The SMILES string of the molecule is CCCCCCOCc1ccc(C(=O)OC)c(F)c1. The van der Waals surface area contributed by atoms with Crippen molar-refractivity contribution in [1.82, 2.24) is 0 Å². The van der Waals surface area contributed by atoms with Crippen LogP contribution in [0.15, 0.2) is 18.2 Å². The molecule has 106 valence electrons. The molecule has 0 spiro atoms. The van der Waals surface area contributed by atoms with Gasteiger partial charge in [0.25, 0.3) is 0 Å². The van der Waals surface area contributed by atoms with E-state index < -0.39 is 11.8 Å². The molecule has 0 unspecified atom stereocenters. The summed E-state index contributed by atoms with van der Waals surface area (Å²) in [5.41, 5.74) is 0.676. The molecule has 0 N–H and O–H groups in total. The average Bonchev–Trinajstić information content (AvgIpc) is 2.42. The van der Waals surface area contributed by atoms with Gasteiger partial charge in [-0.1, -0.05) is 32.3 Å². The first-order valence-electron chi connectivity index (χ1n) is 6.63. The van der Waals surface area contributed by atoms with Crippen LogP contribution in [0.5, 0.6) is 0 Å². The molecule has 0 heterocycles. The lowest BCUT2D eigenvalue weighted by Gasteiger charge is -2.06. The van der Waals surface area contributed by atoms with Gasteiger partial charge in [0.15, 0.2) is 0 Å². The molecule has 3 nitrogen and oxygen atoms in total. The summed E-state index contributed by atoms with van der Waals surface area (Å²) >= 11 is 0. The Kier molecular flexibility index (Phi) is 7.11. The van der Waals surface area contributed by atoms with Crippen LogP contribution in [0.4, 0.5) is 4.39 Å². The van der Waals surface area contributed by atoms with Crippen LogP contribution in [0.3, 0.4) is 0 Å². The van der Waals surface area contributed by atoms with Crippen LogP contribution in [-0.2, 0) is 16.1 Å². The highest BCUT2D eigenvalue weighted by Crippen LogP contribution is 2.12. The molecule has 0 atom stereocenters. The third kappa shape index (κ3) is 5.39. The molecule has 0 radical (unpaired) electrons. The van der Waals surface area contributed by atoms with Gasteiger partial charge < -0.3 is 9.47 Å². The van der Waals surface area contributed by atoms with Gasteiger partial charge in [0.05, 0.1) is 19.3 Å². The van der Waals surface area contributed by atoms with E-state index in [1.807, 2.05) is 0 Å². The van der Waals surface area contributed by atoms with Crippen LogP contribution in [0, 0.1) is 5.82 Å². The number of hydrogen-bond donors (Lipinski definition) is 0. The highest BCUT2D eigenvalue weighted by Gasteiger charge is 2.12. The number of ether oxygens (including phenoxy) is 2. The van der Waals surface area contributed by atoms with Crippen LogP contribution < -0.4 is 0 Å². The zero-order valence-electron chi connectivity index (χ0n) is 11.6. The fourth-order valence-electron chi connectivity index (χ4n) is 1.74. The van der Waals surface area contributed by atoms with E-state index in [1.165, 1.54) is 32.1 Å². The topological polar surface area (TPSA) is 35.5 Å². The summed E-state index contributed by atoms with van der Waals surface area (Å²) in [6, 6.07) is 4.43. The van der Waals surface area contributed by atoms with Gasteiger partial charge in [-0.15, -0.1) is 0 Å². The van der Waals surface area contributed by atoms with Crippen LogP contribution in [0.2, 0.25) is 0 Å². The number of esters is 1. The molecular weight excluding hydrogens is 247 g/mol. The minimum Gasteiger partial charge on any atom is -0.465 e. The van der Waals surface area contributed by atoms with Crippen molar-refractivity contribution >= 4 is 5.97 Å². The largest absolute Gasteiger partial charge is 0.465 e. The van der Waals surface area contributed by atoms with Crippen molar-refractivity contribution in [3.8, 4) is 0 Å². The Bertz CT molecular complexity index is 404. The van der Waals surface area contributed by atoms with Crippen LogP contribution in [0.25, 0.3) is 0 Å². The Hall–Kier alpha value is -1.42. The number of unbranched alkanes of at least 4 members (excludes halogenated alkanes) is 3. The Morgan fingerprint density at radius 1 is 1.26 bits per heavy atom. The quantitative estimate of drug-likeness (QED) is 0.532. The summed E-state index contributed by atoms with van der Waals surface area (Å²) in [7, 11) is 1.23. The number of hydrogen-bond acceptors (Lipinski definition) is 3. The fraction of sp³-hybridized carbons (Fsp3) is 0.533. The lowest BCUT2D eigenvalue weighted by atomic mass is 10.1. The van der Waals surface area contributed by atoms with Crippen LogP contribution in [-0.4, -0.2) is 19.7 Å². The third-order valence-electron chi connectivity index (χ3n) is 2.85. The van der Waals surface area contributed by atoms with E-state index in [9.17, 15) is 9.18 Å². The highest BCUT2D eigenvalue weighted by atomic mass is 19.1. The minimum atomic E-state index is -0.662. The maximum Gasteiger partial charge on any atom is 0.340 e. The summed E-state index contributed by atoms with van der Waals surface area (Å²) in [5, 5.41) is 0. The Morgan fingerprint density at radius 2 is 2.05 bits per heavy atom. The van der Waals surface area contributed by atoms with E-state index in [1.54, 1.807) is 6.07 Å². The number of benzene rings is 1. The van der Waals surface area contributed by atoms with Crippen LogP contribution in [0.1, 0.15) is 48.5 Å². The molecule has 19 heavy (non-hydrogen) atoms. The summed E-state index contributed by atoms with van der Waals surface area (Å²) in [6.45, 7) is 3.21. The first kappa shape index (κ1) is 15.6. The van der Waals surface area contributed by atoms with Gasteiger partial charge in [-0.2, -0.15) is 0 Å². The molecule has 1 rings (SSSR count). The number of halogens is 1. The van der Waals surface area contributed by atoms with E-state index in [2.05, 4.69) is 11.7 Å². The van der Waals surface area contributed by atoms with Gasteiger partial charge in [-0.05, 0) is 24.1 Å². The smallest absolute Gasteiger partial charge is 0.340 e. The molecule has 0 aliphatic carbocycles. The van der Waals surface area contributed by atoms with Gasteiger partial charge in [0.2, 0.25) is 0 Å². The van der Waals surface area contributed by atoms with E-state index in [4.69, 9.17) is 4.74 Å². The molecule has 4 heteroatoms. The second kappa shape index (κ2) is 8.64. The number of methoxy groups -OCH3 is 1. The molecule has 0 bridgehead atoms. The molecule has 0 aromatic heterocycles. The monoisotopic (exact) mass is 268 g/mol. The molecular formula is C15H21FO3. The van der Waals surface area contributed by atoms with Crippen molar-refractivity contribution in [2.24, 2.45) is 0 Å². The van der Waals surface area contributed by atoms with Gasteiger partial charge in [0.1, 0.15) is 5.82 Å². The Labute approximate surface area is 113 Å². The van der Waals surface area contributed by atoms with Crippen molar-refractivity contribution in [1.29, 1.82) is 0 Å². The number of carbonyl (C=O) groups excluding carboxylic acids is 1. The van der Waals surface area contributed by atoms with E-state index in [-0.39, 0.29) is 5.56 Å². The van der Waals surface area contributed by atoms with Crippen molar-refractivity contribution in [2.45, 2.75) is 39.2 Å². The van der Waals surface area contributed by atoms with Gasteiger partial charge in [-0.25, -0.2) is 9.18 Å². The van der Waals surface area contributed by atoms with Crippen molar-refractivity contribution in [3.63, 3.8) is 0 Å². The molecule has 0 amide bonds. The maximum absolute atomic E-state index is 13.6. The lowest BCUT2D eigenvalue weighted by Crippen LogP contribution is -2.05. The molecule has 1 aromatic rings. The Balaban J connectivity index is 2.39. The number of carbonyl (C=O) groups is 1. The second-order valence-corrected chi connectivity index (χ2v) is 4.42. The molecule has 0 saturated carbocycles. The van der Waals surface area contributed by atoms with E-state index in [0.717, 1.165) is 18.4 Å². The molecule has 1 aromatic carbocycles. The molecule has 0 aliphatic rings. The highest BCUT2D eigenvalue weighted by molar-refractivity contribution is 5.89. The summed E-state index contributed by atoms with van der Waals surface area (Å²) in [5.74, 6) is -1.23. The van der Waals surface area contributed by atoms with Crippen molar-refractivity contribution in [3.05, 3.63) is 35.1 Å². The predicted molar refractivity (Wildman–Crippen MR) is 71.5 cm³/mol. The average molecular weight is 268 g/mol. The predicted octanol–water partition coefficient (Wildman–Crippen LogP) is 3.71. The standard InChI is InChI=1S/C15H21FO3/c1-3-4-5-6-9-19-11-12-7-8-13(14(16)10-12)15(17)18-2/h7-8,10H,3-6,9,11H2,1-2H3.